The van der Waals surface area contributed by atoms with Crippen LogP contribution in [0.3, 0.4) is 0 Å². The molecule has 1 saturated heterocycles. The first kappa shape index (κ1) is 20.3. The fraction of sp³-hybridized carbons (Fsp3) is 0.400. The van der Waals surface area contributed by atoms with Gasteiger partial charge >= 0.3 is 0 Å². The number of nitrogens with one attached hydrogen (secondary N) is 1. The SMILES string of the molecule is O=C(CCC(=O)c1ccc(Cl)s1)NC1CCN(Cc2ccc(Cl)cc2)CC1. The van der Waals surface area contributed by atoms with Crippen molar-refractivity contribution >= 4 is 46.2 Å². The maximum Gasteiger partial charge on any atom is 0.220 e. The summed E-state index contributed by atoms with van der Waals surface area (Å²) < 4.78 is 0.591. The summed E-state index contributed by atoms with van der Waals surface area (Å²) in [5.74, 6) is -0.0815. The molecule has 1 aliphatic heterocycles. The van der Waals surface area contributed by atoms with Gasteiger partial charge in [-0.05, 0) is 42.7 Å². The van der Waals surface area contributed by atoms with Crippen LogP contribution in [0.4, 0.5) is 0 Å². The molecule has 1 aliphatic rings. The van der Waals surface area contributed by atoms with E-state index in [-0.39, 0.29) is 30.6 Å². The minimum Gasteiger partial charge on any atom is -0.353 e. The van der Waals surface area contributed by atoms with Crippen LogP contribution >= 0.6 is 34.5 Å². The van der Waals surface area contributed by atoms with Crippen molar-refractivity contribution in [1.29, 1.82) is 0 Å². The largest absolute Gasteiger partial charge is 0.353 e. The quantitative estimate of drug-likeness (QED) is 0.649. The molecular weight excluding hydrogens is 403 g/mol. The topological polar surface area (TPSA) is 49.4 Å². The van der Waals surface area contributed by atoms with Crippen molar-refractivity contribution in [1.82, 2.24) is 10.2 Å². The monoisotopic (exact) mass is 424 g/mol. The normalized spacial score (nSPS) is 15.6. The van der Waals surface area contributed by atoms with Gasteiger partial charge < -0.3 is 5.32 Å². The maximum absolute atomic E-state index is 12.1. The van der Waals surface area contributed by atoms with Gasteiger partial charge in [-0.25, -0.2) is 0 Å². The van der Waals surface area contributed by atoms with Crippen molar-refractivity contribution in [3.8, 4) is 0 Å². The molecule has 27 heavy (non-hydrogen) atoms. The fourth-order valence-corrected chi connectivity index (χ4v) is 4.33. The number of benzene rings is 1. The van der Waals surface area contributed by atoms with Crippen LogP contribution in [-0.2, 0) is 11.3 Å². The number of piperidine rings is 1. The third-order valence-electron chi connectivity index (χ3n) is 4.70. The second-order valence-electron chi connectivity index (χ2n) is 6.77. The predicted octanol–water partition coefficient (Wildman–Crippen LogP) is 4.80. The van der Waals surface area contributed by atoms with Gasteiger partial charge in [0, 0.05) is 43.5 Å². The molecule has 0 aliphatic carbocycles. The number of carbonyl (C=O) groups is 2. The van der Waals surface area contributed by atoms with Gasteiger partial charge in [0.1, 0.15) is 0 Å². The first-order valence-corrected chi connectivity index (χ1v) is 10.6. The number of thiophene rings is 1. The minimum atomic E-state index is -0.0536. The van der Waals surface area contributed by atoms with Crippen molar-refractivity contribution in [3.05, 3.63) is 56.2 Å². The Kier molecular flexibility index (Phi) is 7.30. The summed E-state index contributed by atoms with van der Waals surface area (Å²) in [6, 6.07) is 11.5. The van der Waals surface area contributed by atoms with Gasteiger partial charge in [0.15, 0.2) is 5.78 Å². The van der Waals surface area contributed by atoms with Crippen LogP contribution in [0, 0.1) is 0 Å². The van der Waals surface area contributed by atoms with E-state index in [2.05, 4.69) is 10.2 Å². The molecule has 1 fully saturated rings. The first-order chi connectivity index (χ1) is 13.0. The molecule has 144 valence electrons. The summed E-state index contributed by atoms with van der Waals surface area (Å²) in [5.41, 5.74) is 1.24. The Bertz CT molecular complexity index is 784. The molecule has 0 atom stereocenters. The summed E-state index contributed by atoms with van der Waals surface area (Å²) in [6.45, 7) is 2.79. The first-order valence-electron chi connectivity index (χ1n) is 9.04. The number of carbonyl (C=O) groups excluding carboxylic acids is 2. The van der Waals surface area contributed by atoms with E-state index in [9.17, 15) is 9.59 Å². The Hall–Kier alpha value is -1.40. The average molecular weight is 425 g/mol. The Labute approximate surface area is 173 Å². The van der Waals surface area contributed by atoms with Gasteiger partial charge in [-0.15, -0.1) is 11.3 Å². The smallest absolute Gasteiger partial charge is 0.220 e. The Morgan fingerprint density at radius 3 is 2.37 bits per heavy atom. The van der Waals surface area contributed by atoms with Crippen LogP contribution in [-0.4, -0.2) is 35.7 Å². The van der Waals surface area contributed by atoms with Crippen molar-refractivity contribution in [2.45, 2.75) is 38.3 Å². The predicted molar refractivity (Wildman–Crippen MR) is 111 cm³/mol. The van der Waals surface area contributed by atoms with Crippen LogP contribution in [0.15, 0.2) is 36.4 Å². The molecule has 3 rings (SSSR count). The minimum absolute atomic E-state index is 0.0279. The van der Waals surface area contributed by atoms with Crippen molar-refractivity contribution in [3.63, 3.8) is 0 Å². The van der Waals surface area contributed by atoms with Crippen molar-refractivity contribution in [2.24, 2.45) is 0 Å². The highest BCUT2D eigenvalue weighted by Crippen LogP contribution is 2.23. The fourth-order valence-electron chi connectivity index (χ4n) is 3.20. The van der Waals surface area contributed by atoms with E-state index in [1.54, 1.807) is 12.1 Å². The van der Waals surface area contributed by atoms with E-state index >= 15 is 0 Å². The molecule has 0 bridgehead atoms. The maximum atomic E-state index is 12.1. The molecule has 7 heteroatoms. The van der Waals surface area contributed by atoms with Gasteiger partial charge in [0.2, 0.25) is 5.91 Å². The van der Waals surface area contributed by atoms with Crippen LogP contribution in [0.25, 0.3) is 0 Å². The molecule has 0 unspecified atom stereocenters. The summed E-state index contributed by atoms with van der Waals surface area (Å²) in [6.07, 6.45) is 2.29. The second kappa shape index (κ2) is 9.69. The zero-order valence-electron chi connectivity index (χ0n) is 14.9. The van der Waals surface area contributed by atoms with Crippen LogP contribution in [0.2, 0.25) is 9.36 Å². The lowest BCUT2D eigenvalue weighted by atomic mass is 10.0. The average Bonchev–Trinajstić information content (AvgIpc) is 3.10. The Morgan fingerprint density at radius 2 is 1.74 bits per heavy atom. The van der Waals surface area contributed by atoms with Gasteiger partial charge in [0.05, 0.1) is 9.21 Å². The van der Waals surface area contributed by atoms with Crippen LogP contribution < -0.4 is 5.32 Å². The molecule has 2 heterocycles. The number of nitrogens with zero attached hydrogens (tertiary/aromatic N) is 1. The number of likely N-dealkylation sites (tertiary alicyclic amines) is 1. The molecule has 1 N–H and O–H groups in total. The van der Waals surface area contributed by atoms with Gasteiger partial charge in [-0.1, -0.05) is 35.3 Å². The lowest BCUT2D eigenvalue weighted by Gasteiger charge is -2.32. The summed E-state index contributed by atoms with van der Waals surface area (Å²) in [4.78, 5) is 27.2. The summed E-state index contributed by atoms with van der Waals surface area (Å²) >= 11 is 13.0. The molecule has 4 nitrogen and oxygen atoms in total. The van der Waals surface area contributed by atoms with Gasteiger partial charge in [-0.2, -0.15) is 0 Å². The zero-order chi connectivity index (χ0) is 19.2. The number of rotatable bonds is 7. The molecule has 0 spiro atoms. The number of halogens is 2. The van der Waals surface area contributed by atoms with Crippen molar-refractivity contribution in [2.75, 3.05) is 13.1 Å². The molecule has 2 aromatic rings. The molecule has 0 radical (unpaired) electrons. The van der Waals surface area contributed by atoms with Gasteiger partial charge in [0.25, 0.3) is 0 Å². The van der Waals surface area contributed by atoms with E-state index in [0.29, 0.717) is 9.21 Å². The van der Waals surface area contributed by atoms with Crippen molar-refractivity contribution < 1.29 is 9.59 Å². The number of amides is 1. The summed E-state index contributed by atoms with van der Waals surface area (Å²) in [7, 11) is 0. The van der Waals surface area contributed by atoms with Crippen LogP contribution in [0.5, 0.6) is 0 Å². The van der Waals surface area contributed by atoms with E-state index < -0.39 is 0 Å². The third-order valence-corrected chi connectivity index (χ3v) is 6.22. The highest BCUT2D eigenvalue weighted by Gasteiger charge is 2.21. The zero-order valence-corrected chi connectivity index (χ0v) is 17.2. The third kappa shape index (κ3) is 6.32. The highest BCUT2D eigenvalue weighted by atomic mass is 35.5. The highest BCUT2D eigenvalue weighted by molar-refractivity contribution is 7.18. The summed E-state index contributed by atoms with van der Waals surface area (Å²) in [5, 5.41) is 3.82. The van der Waals surface area contributed by atoms with Gasteiger partial charge in [-0.3, -0.25) is 14.5 Å². The number of hydrogen-bond donors (Lipinski definition) is 1. The second-order valence-corrected chi connectivity index (χ2v) is 8.92. The standard InChI is InChI=1S/C20H22Cl2N2O2S/c21-15-3-1-14(2-4-15)13-24-11-9-16(10-12-24)23-20(26)8-5-17(25)18-6-7-19(22)27-18/h1-4,6-7,16H,5,8-13H2,(H,23,26). The molecule has 1 aromatic heterocycles. The molecular formula is C20H22Cl2N2O2S. The van der Waals surface area contributed by atoms with E-state index in [0.717, 1.165) is 37.5 Å². The Morgan fingerprint density at radius 1 is 1.04 bits per heavy atom. The molecule has 0 saturated carbocycles. The number of ketones is 1. The molecule has 1 amide bonds. The van der Waals surface area contributed by atoms with Crippen LogP contribution in [0.1, 0.15) is 40.9 Å². The van der Waals surface area contributed by atoms with E-state index in [4.69, 9.17) is 23.2 Å². The number of Topliss-reactive ketones (excluding diaryl/α,β-unsaturated/α-hetero) is 1. The van der Waals surface area contributed by atoms with E-state index in [1.807, 2.05) is 24.3 Å². The Balaban J connectivity index is 1.36. The number of hydrogen-bond acceptors (Lipinski definition) is 4. The lowest BCUT2D eigenvalue weighted by molar-refractivity contribution is -0.122. The van der Waals surface area contributed by atoms with E-state index in [1.165, 1.54) is 16.9 Å². The lowest BCUT2D eigenvalue weighted by Crippen LogP contribution is -2.44. The molecule has 1 aromatic carbocycles.